The number of hydrogen-bond acceptors (Lipinski definition) is 6. The molecule has 33 heavy (non-hydrogen) atoms. The quantitative estimate of drug-likeness (QED) is 0.241. The summed E-state index contributed by atoms with van der Waals surface area (Å²) in [6, 6.07) is 8.47. The number of halogens is 1. The number of ketones is 1. The minimum atomic E-state index is -0.949. The number of ether oxygens (including phenoxy) is 2. The predicted molar refractivity (Wildman–Crippen MR) is 128 cm³/mol. The van der Waals surface area contributed by atoms with Crippen molar-refractivity contribution >= 4 is 27.7 Å². The van der Waals surface area contributed by atoms with Gasteiger partial charge in [-0.2, -0.15) is 0 Å². The van der Waals surface area contributed by atoms with E-state index in [-0.39, 0.29) is 18.0 Å². The van der Waals surface area contributed by atoms with Crippen LogP contribution in [0.4, 0.5) is 0 Å². The molecule has 0 bridgehead atoms. The summed E-state index contributed by atoms with van der Waals surface area (Å²) in [5, 5.41) is 29.7. The zero-order valence-corrected chi connectivity index (χ0v) is 20.7. The molecule has 3 N–H and O–H groups in total. The van der Waals surface area contributed by atoms with Gasteiger partial charge in [-0.25, -0.2) is 0 Å². The van der Waals surface area contributed by atoms with E-state index in [1.165, 1.54) is 6.92 Å². The number of carbonyl (C=O) groups excluding carboxylic acids is 1. The molecule has 0 fully saturated rings. The summed E-state index contributed by atoms with van der Waals surface area (Å²) in [4.78, 5) is 22.5. The average Bonchev–Trinajstić information content (AvgIpc) is 2.75. The molecule has 0 saturated heterocycles. The van der Waals surface area contributed by atoms with E-state index in [1.807, 2.05) is 6.92 Å². The summed E-state index contributed by atoms with van der Waals surface area (Å²) < 4.78 is 12.3. The molecule has 7 nitrogen and oxygen atoms in total. The summed E-state index contributed by atoms with van der Waals surface area (Å²) >= 11 is 3.44. The van der Waals surface area contributed by atoms with Crippen LogP contribution in [0.2, 0.25) is 0 Å². The monoisotopic (exact) mass is 522 g/mol. The summed E-state index contributed by atoms with van der Waals surface area (Å²) in [5.74, 6) is -0.400. The number of aliphatic hydroxyl groups excluding tert-OH is 1. The van der Waals surface area contributed by atoms with Gasteiger partial charge in [0.1, 0.15) is 17.2 Å². The molecule has 0 aromatic heterocycles. The first-order valence-electron chi connectivity index (χ1n) is 11.0. The van der Waals surface area contributed by atoms with Crippen LogP contribution < -0.4 is 9.47 Å². The van der Waals surface area contributed by atoms with E-state index < -0.39 is 18.0 Å². The maximum atomic E-state index is 11.7. The summed E-state index contributed by atoms with van der Waals surface area (Å²) in [6.45, 7) is 5.86. The van der Waals surface area contributed by atoms with Gasteiger partial charge in [0, 0.05) is 12.0 Å². The first kappa shape index (κ1) is 26.7. The van der Waals surface area contributed by atoms with E-state index >= 15 is 0 Å². The number of rotatable bonds is 13. The first-order valence-corrected chi connectivity index (χ1v) is 11.8. The van der Waals surface area contributed by atoms with Crippen molar-refractivity contribution in [2.24, 2.45) is 5.92 Å². The smallest absolute Gasteiger partial charge is 0.303 e. The standard InChI is InChI=1S/C25H31BrO7/c1-4-6-19-21(10-8-18(16(3)27)25(19)31)32-11-5-12-33-22-9-7-17(14-20(22)26)24(30)15(2)13-23(28)29/h7-10,14-15,24,30-31H,4-6,11-13H2,1-3H3,(H,28,29). The van der Waals surface area contributed by atoms with Gasteiger partial charge in [-0.05, 0) is 65.0 Å². The number of phenolic OH excluding ortho intramolecular Hbond substituents is 1. The van der Waals surface area contributed by atoms with Crippen LogP contribution in [0.3, 0.4) is 0 Å². The average molecular weight is 523 g/mol. The lowest BCUT2D eigenvalue weighted by Crippen LogP contribution is -2.13. The van der Waals surface area contributed by atoms with Crippen LogP contribution in [-0.2, 0) is 11.2 Å². The molecule has 2 aromatic carbocycles. The second kappa shape index (κ2) is 12.6. The van der Waals surface area contributed by atoms with Gasteiger partial charge in [0.2, 0.25) is 0 Å². The molecule has 0 aliphatic heterocycles. The van der Waals surface area contributed by atoms with Crippen molar-refractivity contribution in [3.63, 3.8) is 0 Å². The largest absolute Gasteiger partial charge is 0.507 e. The van der Waals surface area contributed by atoms with Gasteiger partial charge >= 0.3 is 5.97 Å². The number of carbonyl (C=O) groups is 2. The fourth-order valence-corrected chi connectivity index (χ4v) is 4.00. The van der Waals surface area contributed by atoms with Crippen molar-refractivity contribution in [1.82, 2.24) is 0 Å². The molecule has 2 atom stereocenters. The number of carboxylic acid groups (broad SMARTS) is 1. The molecule has 0 amide bonds. The van der Waals surface area contributed by atoms with Crippen LogP contribution in [0.25, 0.3) is 0 Å². The Morgan fingerprint density at radius 1 is 1.09 bits per heavy atom. The van der Waals surface area contributed by atoms with Crippen LogP contribution in [-0.4, -0.2) is 40.3 Å². The topological polar surface area (TPSA) is 113 Å². The van der Waals surface area contributed by atoms with Gasteiger partial charge < -0.3 is 24.8 Å². The van der Waals surface area contributed by atoms with E-state index in [2.05, 4.69) is 15.9 Å². The number of aromatic hydroxyl groups is 1. The van der Waals surface area contributed by atoms with Crippen LogP contribution in [0.15, 0.2) is 34.8 Å². The Hall–Kier alpha value is -2.58. The van der Waals surface area contributed by atoms with Crippen LogP contribution in [0.5, 0.6) is 17.2 Å². The molecule has 0 spiro atoms. The predicted octanol–water partition coefficient (Wildman–Crippen LogP) is 5.30. The highest BCUT2D eigenvalue weighted by molar-refractivity contribution is 9.10. The molecule has 0 aliphatic rings. The van der Waals surface area contributed by atoms with Gasteiger partial charge in [-0.15, -0.1) is 0 Å². The zero-order valence-electron chi connectivity index (χ0n) is 19.1. The summed E-state index contributed by atoms with van der Waals surface area (Å²) in [5.41, 5.74) is 1.55. The van der Waals surface area contributed by atoms with Crippen molar-refractivity contribution in [2.45, 2.75) is 52.6 Å². The number of carboxylic acids is 1. The number of hydrogen-bond donors (Lipinski definition) is 3. The van der Waals surface area contributed by atoms with Crippen LogP contribution in [0, 0.1) is 5.92 Å². The van der Waals surface area contributed by atoms with E-state index in [0.717, 1.165) is 6.42 Å². The Labute approximate surface area is 202 Å². The lowest BCUT2D eigenvalue weighted by Gasteiger charge is -2.18. The molecule has 2 rings (SSSR count). The lowest BCUT2D eigenvalue weighted by atomic mass is 9.95. The van der Waals surface area contributed by atoms with Crippen molar-refractivity contribution < 1.29 is 34.4 Å². The second-order valence-corrected chi connectivity index (χ2v) is 8.86. The minimum Gasteiger partial charge on any atom is -0.507 e. The molecule has 180 valence electrons. The third kappa shape index (κ3) is 7.47. The minimum absolute atomic E-state index is 0.0121. The molecule has 0 radical (unpaired) electrons. The maximum absolute atomic E-state index is 11.7. The van der Waals surface area contributed by atoms with E-state index in [4.69, 9.17) is 14.6 Å². The molecule has 8 heteroatoms. The van der Waals surface area contributed by atoms with Gasteiger partial charge in [-0.1, -0.05) is 26.3 Å². The number of aliphatic hydroxyl groups is 1. The second-order valence-electron chi connectivity index (χ2n) is 8.00. The van der Waals surface area contributed by atoms with Crippen LogP contribution >= 0.6 is 15.9 Å². The Bertz CT molecular complexity index is 973. The molecule has 0 aliphatic carbocycles. The number of phenols is 1. The van der Waals surface area contributed by atoms with Gasteiger partial charge in [0.25, 0.3) is 0 Å². The third-order valence-electron chi connectivity index (χ3n) is 5.26. The summed E-state index contributed by atoms with van der Waals surface area (Å²) in [7, 11) is 0. The summed E-state index contributed by atoms with van der Waals surface area (Å²) in [6.07, 6.45) is 0.999. The normalized spacial score (nSPS) is 12.8. The van der Waals surface area contributed by atoms with E-state index in [1.54, 1.807) is 37.3 Å². The molecule has 2 unspecified atom stereocenters. The zero-order chi connectivity index (χ0) is 24.5. The first-order chi connectivity index (χ1) is 15.6. The highest BCUT2D eigenvalue weighted by Crippen LogP contribution is 2.34. The van der Waals surface area contributed by atoms with Crippen molar-refractivity contribution in [1.29, 1.82) is 0 Å². The fraction of sp³-hybridized carbons (Fsp3) is 0.440. The van der Waals surface area contributed by atoms with Gasteiger partial charge in [0.05, 0.1) is 35.8 Å². The highest BCUT2D eigenvalue weighted by atomic mass is 79.9. The lowest BCUT2D eigenvalue weighted by molar-refractivity contribution is -0.139. The molecule has 0 saturated carbocycles. The Balaban J connectivity index is 1.91. The van der Waals surface area contributed by atoms with Crippen molar-refractivity contribution in [3.8, 4) is 17.2 Å². The molecule has 2 aromatic rings. The van der Waals surface area contributed by atoms with E-state index in [9.17, 15) is 19.8 Å². The van der Waals surface area contributed by atoms with Crippen molar-refractivity contribution in [3.05, 3.63) is 51.5 Å². The Morgan fingerprint density at radius 2 is 1.73 bits per heavy atom. The SMILES string of the molecule is CCCc1c(OCCCOc2ccc(C(O)C(C)CC(=O)O)cc2Br)ccc(C(C)=O)c1O. The van der Waals surface area contributed by atoms with Crippen molar-refractivity contribution in [2.75, 3.05) is 13.2 Å². The third-order valence-corrected chi connectivity index (χ3v) is 5.88. The Morgan fingerprint density at radius 3 is 2.30 bits per heavy atom. The maximum Gasteiger partial charge on any atom is 0.303 e. The van der Waals surface area contributed by atoms with Gasteiger partial charge in [0.15, 0.2) is 5.78 Å². The highest BCUT2D eigenvalue weighted by Gasteiger charge is 2.20. The van der Waals surface area contributed by atoms with Gasteiger partial charge in [-0.3, -0.25) is 9.59 Å². The number of aliphatic carboxylic acids is 1. The number of Topliss-reactive ketones (excluding diaryl/α,β-unsaturated/α-hetero) is 1. The van der Waals surface area contributed by atoms with E-state index in [0.29, 0.717) is 58.7 Å². The fourth-order valence-electron chi connectivity index (χ4n) is 3.49. The molecular weight excluding hydrogens is 492 g/mol. The Kier molecular flexibility index (Phi) is 10.2. The number of benzene rings is 2. The molecule has 0 heterocycles. The van der Waals surface area contributed by atoms with Crippen LogP contribution in [0.1, 0.15) is 67.6 Å². The molecular formula is C25H31BrO7.